The van der Waals surface area contributed by atoms with E-state index in [0.717, 1.165) is 24.3 Å². The molecule has 1 fully saturated rings. The van der Waals surface area contributed by atoms with E-state index >= 15 is 0 Å². The molecule has 2 aliphatic rings. The molecule has 108 valence electrons. The van der Waals surface area contributed by atoms with E-state index in [0.29, 0.717) is 6.04 Å². The van der Waals surface area contributed by atoms with Crippen LogP contribution in [0.1, 0.15) is 45.4 Å². The molecule has 2 atom stereocenters. The number of rotatable bonds is 4. The summed E-state index contributed by atoms with van der Waals surface area (Å²) in [5, 5.41) is 0. The average Bonchev–Trinajstić information content (AvgIpc) is 2.93. The zero-order valence-corrected chi connectivity index (χ0v) is 13.0. The molecule has 0 amide bonds. The lowest BCUT2D eigenvalue weighted by Gasteiger charge is -2.36. The first kappa shape index (κ1) is 13.9. The highest BCUT2D eigenvalue weighted by Gasteiger charge is 2.33. The zero-order valence-electron chi connectivity index (χ0n) is 12.2. The van der Waals surface area contributed by atoms with Crippen LogP contribution in [0.15, 0.2) is 45.8 Å². The Morgan fingerprint density at radius 1 is 1.25 bits per heavy atom. The van der Waals surface area contributed by atoms with Crippen molar-refractivity contribution >= 4 is 10.8 Å². The molecule has 2 heterocycles. The maximum Gasteiger partial charge on any atom is 0.0826 e. The zero-order chi connectivity index (χ0) is 13.9. The second kappa shape index (κ2) is 6.13. The van der Waals surface area contributed by atoms with Crippen LogP contribution in [0.4, 0.5) is 0 Å². The Morgan fingerprint density at radius 3 is 2.80 bits per heavy atom. The summed E-state index contributed by atoms with van der Waals surface area (Å²) in [5.41, 5.74) is 1.40. The summed E-state index contributed by atoms with van der Waals surface area (Å²) in [4.78, 5) is 4.70. The molecule has 2 nitrogen and oxygen atoms in total. The Labute approximate surface area is 124 Å². The maximum atomic E-state index is 12.8. The smallest absolute Gasteiger partial charge is 0.0826 e. The van der Waals surface area contributed by atoms with Gasteiger partial charge in [0.15, 0.2) is 0 Å². The topological polar surface area (TPSA) is 20.3 Å². The van der Waals surface area contributed by atoms with Gasteiger partial charge in [0.2, 0.25) is 0 Å². The third-order valence-corrected chi connectivity index (χ3v) is 6.03. The van der Waals surface area contributed by atoms with Gasteiger partial charge in [-0.25, -0.2) is 4.21 Å². The van der Waals surface area contributed by atoms with Crippen molar-refractivity contribution in [1.29, 1.82) is 0 Å². The van der Waals surface area contributed by atoms with Crippen molar-refractivity contribution in [2.75, 3.05) is 6.54 Å². The van der Waals surface area contributed by atoms with E-state index in [1.54, 1.807) is 0 Å². The van der Waals surface area contributed by atoms with Gasteiger partial charge in [0, 0.05) is 34.5 Å². The number of nitrogens with zero attached hydrogens (tertiary/aromatic N) is 1. The summed E-state index contributed by atoms with van der Waals surface area (Å²) in [5.74, 6) is 0. The van der Waals surface area contributed by atoms with Crippen molar-refractivity contribution < 1.29 is 4.21 Å². The van der Waals surface area contributed by atoms with Gasteiger partial charge in [-0.2, -0.15) is 0 Å². The molecule has 0 N–H and O–H groups in total. The van der Waals surface area contributed by atoms with Crippen LogP contribution < -0.4 is 0 Å². The van der Waals surface area contributed by atoms with Gasteiger partial charge in [-0.1, -0.05) is 31.5 Å². The van der Waals surface area contributed by atoms with E-state index in [9.17, 15) is 4.21 Å². The van der Waals surface area contributed by atoms with E-state index in [4.69, 9.17) is 0 Å². The second-order valence-corrected chi connectivity index (χ2v) is 7.23. The number of fused-ring (bicyclic) bond motifs is 1. The standard InChI is InChI=1S/C17H23NOS/c1-2-7-14-8-6-11-16-17(12-13-18(14)16)20(19)15-9-4-3-5-10-15/h3-5,9-10,14H,2,6-8,11-13H2,1H3. The van der Waals surface area contributed by atoms with Crippen LogP contribution in [0.25, 0.3) is 0 Å². The van der Waals surface area contributed by atoms with Gasteiger partial charge in [0.1, 0.15) is 0 Å². The van der Waals surface area contributed by atoms with Gasteiger partial charge in [-0.05, 0) is 37.8 Å². The molecule has 0 spiro atoms. The predicted molar refractivity (Wildman–Crippen MR) is 83.7 cm³/mol. The van der Waals surface area contributed by atoms with Crippen LogP contribution in [0.2, 0.25) is 0 Å². The highest BCUT2D eigenvalue weighted by Crippen LogP contribution is 2.38. The number of benzene rings is 1. The lowest BCUT2D eigenvalue weighted by Crippen LogP contribution is -2.35. The van der Waals surface area contributed by atoms with Crippen molar-refractivity contribution in [2.24, 2.45) is 0 Å². The van der Waals surface area contributed by atoms with Crippen LogP contribution in [0.3, 0.4) is 0 Å². The first-order chi connectivity index (χ1) is 9.81. The predicted octanol–water partition coefficient (Wildman–Crippen LogP) is 4.06. The molecule has 0 aliphatic carbocycles. The van der Waals surface area contributed by atoms with E-state index in [-0.39, 0.29) is 0 Å². The van der Waals surface area contributed by atoms with Crippen molar-refractivity contribution in [2.45, 2.75) is 56.4 Å². The van der Waals surface area contributed by atoms with Crippen LogP contribution >= 0.6 is 0 Å². The Kier molecular flexibility index (Phi) is 4.25. The van der Waals surface area contributed by atoms with Crippen molar-refractivity contribution in [3.8, 4) is 0 Å². The van der Waals surface area contributed by atoms with E-state index in [2.05, 4.69) is 11.8 Å². The van der Waals surface area contributed by atoms with Crippen molar-refractivity contribution in [3.05, 3.63) is 40.9 Å². The molecule has 20 heavy (non-hydrogen) atoms. The fourth-order valence-electron chi connectivity index (χ4n) is 3.53. The Balaban J connectivity index is 1.86. The number of hydrogen-bond acceptors (Lipinski definition) is 2. The Morgan fingerprint density at radius 2 is 2.05 bits per heavy atom. The van der Waals surface area contributed by atoms with E-state index < -0.39 is 10.8 Å². The second-order valence-electron chi connectivity index (χ2n) is 5.73. The normalized spacial score (nSPS) is 23.9. The van der Waals surface area contributed by atoms with Gasteiger partial charge < -0.3 is 4.90 Å². The van der Waals surface area contributed by atoms with E-state index in [1.165, 1.54) is 36.3 Å². The lowest BCUT2D eigenvalue weighted by molar-refractivity contribution is 0.206. The molecule has 0 aromatic heterocycles. The van der Waals surface area contributed by atoms with Gasteiger partial charge in [-0.3, -0.25) is 0 Å². The minimum absolute atomic E-state index is 0.689. The largest absolute Gasteiger partial charge is 0.371 e. The Bertz CT molecular complexity index is 521. The van der Waals surface area contributed by atoms with Crippen LogP contribution in [-0.4, -0.2) is 21.7 Å². The highest BCUT2D eigenvalue weighted by molar-refractivity contribution is 7.89. The quantitative estimate of drug-likeness (QED) is 0.833. The molecule has 2 aliphatic heterocycles. The van der Waals surface area contributed by atoms with E-state index in [1.807, 2.05) is 30.3 Å². The summed E-state index contributed by atoms with van der Waals surface area (Å²) < 4.78 is 12.8. The monoisotopic (exact) mass is 289 g/mol. The lowest BCUT2D eigenvalue weighted by atomic mass is 9.97. The Hall–Kier alpha value is -1.09. The molecule has 1 aromatic carbocycles. The van der Waals surface area contributed by atoms with Crippen LogP contribution in [-0.2, 0) is 10.8 Å². The van der Waals surface area contributed by atoms with Gasteiger partial charge in [-0.15, -0.1) is 0 Å². The molecule has 3 heteroatoms. The summed E-state index contributed by atoms with van der Waals surface area (Å²) in [6.07, 6.45) is 7.18. The number of hydrogen-bond donors (Lipinski definition) is 0. The molecule has 0 bridgehead atoms. The average molecular weight is 289 g/mol. The maximum absolute atomic E-state index is 12.8. The molecule has 0 radical (unpaired) electrons. The summed E-state index contributed by atoms with van der Waals surface area (Å²) >= 11 is 0. The summed E-state index contributed by atoms with van der Waals surface area (Å²) in [6.45, 7) is 3.34. The molecule has 1 saturated heterocycles. The molecular formula is C17H23NOS. The molecular weight excluding hydrogens is 266 g/mol. The highest BCUT2D eigenvalue weighted by atomic mass is 32.2. The van der Waals surface area contributed by atoms with Crippen molar-refractivity contribution in [1.82, 2.24) is 4.90 Å². The first-order valence-electron chi connectivity index (χ1n) is 7.76. The SMILES string of the molecule is CCCC1CCCC2=C(S(=O)c3ccccc3)CCN21. The summed E-state index contributed by atoms with van der Waals surface area (Å²) in [7, 11) is -0.958. The fraction of sp³-hybridized carbons (Fsp3) is 0.529. The van der Waals surface area contributed by atoms with Gasteiger partial charge >= 0.3 is 0 Å². The minimum Gasteiger partial charge on any atom is -0.371 e. The molecule has 1 aromatic rings. The fourth-order valence-corrected chi connectivity index (χ4v) is 4.93. The first-order valence-corrected chi connectivity index (χ1v) is 8.91. The third kappa shape index (κ3) is 2.56. The van der Waals surface area contributed by atoms with Crippen LogP contribution in [0.5, 0.6) is 0 Å². The number of piperidine rings is 1. The summed E-state index contributed by atoms with van der Waals surface area (Å²) in [6, 6.07) is 10.6. The third-order valence-electron chi connectivity index (χ3n) is 4.44. The number of allylic oxidation sites excluding steroid dienone is 1. The van der Waals surface area contributed by atoms with Crippen molar-refractivity contribution in [3.63, 3.8) is 0 Å². The van der Waals surface area contributed by atoms with Gasteiger partial charge in [0.25, 0.3) is 0 Å². The molecule has 3 rings (SSSR count). The molecule has 0 saturated carbocycles. The van der Waals surface area contributed by atoms with Gasteiger partial charge in [0.05, 0.1) is 10.8 Å². The van der Waals surface area contributed by atoms with Crippen LogP contribution in [0, 0.1) is 0 Å². The minimum atomic E-state index is -0.958. The molecule has 2 unspecified atom stereocenters.